The molecule has 1 aromatic carbocycles. The average molecular weight is 439 g/mol. The SMILES string of the molecule is Cc1c(-c2cc3cc(NC(=O)OC4CCOC4)ncc3c(N)c2F)cnc2c1NCCO2. The minimum atomic E-state index is -0.622. The number of nitrogens with zero attached hydrogens (tertiary/aromatic N) is 2. The van der Waals surface area contributed by atoms with E-state index in [-0.39, 0.29) is 17.6 Å². The van der Waals surface area contributed by atoms with Crippen LogP contribution in [0.4, 0.5) is 26.4 Å². The Bertz CT molecular complexity index is 1210. The molecule has 1 atom stereocenters. The van der Waals surface area contributed by atoms with Gasteiger partial charge in [-0.25, -0.2) is 19.2 Å². The minimum absolute atomic E-state index is 0.0245. The molecule has 9 nitrogen and oxygen atoms in total. The molecule has 0 aliphatic carbocycles. The Kier molecular flexibility index (Phi) is 5.14. The molecule has 0 spiro atoms. The number of halogens is 1. The fraction of sp³-hybridized carbons (Fsp3) is 0.318. The number of hydrogen-bond acceptors (Lipinski definition) is 8. The molecule has 32 heavy (non-hydrogen) atoms. The van der Waals surface area contributed by atoms with Gasteiger partial charge in [-0.05, 0) is 30.0 Å². The highest BCUT2D eigenvalue weighted by molar-refractivity contribution is 5.99. The number of carbonyl (C=O) groups excluding carboxylic acids is 1. The van der Waals surface area contributed by atoms with Crippen LogP contribution in [0, 0.1) is 12.7 Å². The normalized spacial score (nSPS) is 17.4. The second-order valence-electron chi connectivity index (χ2n) is 7.71. The molecular weight excluding hydrogens is 417 g/mol. The lowest BCUT2D eigenvalue weighted by molar-refractivity contribution is 0.0931. The van der Waals surface area contributed by atoms with Crippen molar-refractivity contribution < 1.29 is 23.4 Å². The predicted octanol–water partition coefficient (Wildman–Crippen LogP) is 3.47. The first-order valence-electron chi connectivity index (χ1n) is 10.3. The molecule has 5 rings (SSSR count). The average Bonchev–Trinajstić information content (AvgIpc) is 3.30. The molecular formula is C22H22FN5O4. The number of anilines is 3. The maximum Gasteiger partial charge on any atom is 0.413 e. The highest BCUT2D eigenvalue weighted by Gasteiger charge is 2.22. The topological polar surface area (TPSA) is 121 Å². The first-order valence-corrected chi connectivity index (χ1v) is 10.3. The Balaban J connectivity index is 1.50. The summed E-state index contributed by atoms with van der Waals surface area (Å²) in [5.74, 6) is 0.212. The molecule has 4 heterocycles. The number of amides is 1. The van der Waals surface area contributed by atoms with E-state index in [4.69, 9.17) is 19.9 Å². The molecule has 10 heteroatoms. The number of aromatic nitrogens is 2. The third-order valence-corrected chi connectivity index (χ3v) is 5.63. The van der Waals surface area contributed by atoms with E-state index in [1.165, 1.54) is 6.20 Å². The van der Waals surface area contributed by atoms with E-state index in [0.717, 1.165) is 11.3 Å². The van der Waals surface area contributed by atoms with Gasteiger partial charge in [-0.2, -0.15) is 0 Å². The van der Waals surface area contributed by atoms with Gasteiger partial charge in [0.15, 0.2) is 5.82 Å². The molecule has 0 saturated carbocycles. The Morgan fingerprint density at radius 1 is 1.28 bits per heavy atom. The van der Waals surface area contributed by atoms with Crippen molar-refractivity contribution in [2.45, 2.75) is 19.4 Å². The second kappa shape index (κ2) is 8.12. The Morgan fingerprint density at radius 3 is 2.97 bits per heavy atom. The van der Waals surface area contributed by atoms with Crippen LogP contribution in [0.2, 0.25) is 0 Å². The Hall–Kier alpha value is -3.66. The van der Waals surface area contributed by atoms with Gasteiger partial charge in [-0.15, -0.1) is 0 Å². The largest absolute Gasteiger partial charge is 0.474 e. The molecule has 1 amide bonds. The highest BCUT2D eigenvalue weighted by atomic mass is 19.1. The van der Waals surface area contributed by atoms with E-state index in [1.807, 2.05) is 6.92 Å². The fourth-order valence-electron chi connectivity index (χ4n) is 3.95. The summed E-state index contributed by atoms with van der Waals surface area (Å²) in [6.45, 7) is 3.99. The lowest BCUT2D eigenvalue weighted by Crippen LogP contribution is -2.22. The van der Waals surface area contributed by atoms with E-state index >= 15 is 4.39 Å². The van der Waals surface area contributed by atoms with Crippen LogP contribution >= 0.6 is 0 Å². The van der Waals surface area contributed by atoms with Crippen LogP contribution < -0.4 is 21.1 Å². The first kappa shape index (κ1) is 20.3. The molecule has 0 radical (unpaired) electrons. The van der Waals surface area contributed by atoms with Crippen molar-refractivity contribution in [2.24, 2.45) is 0 Å². The predicted molar refractivity (Wildman–Crippen MR) is 117 cm³/mol. The molecule has 3 aromatic rings. The van der Waals surface area contributed by atoms with Crippen molar-refractivity contribution in [2.75, 3.05) is 42.7 Å². The van der Waals surface area contributed by atoms with Gasteiger partial charge in [0.25, 0.3) is 0 Å². The van der Waals surface area contributed by atoms with E-state index < -0.39 is 11.9 Å². The number of hydrogen-bond donors (Lipinski definition) is 3. The van der Waals surface area contributed by atoms with Crippen molar-refractivity contribution in [3.05, 3.63) is 35.9 Å². The summed E-state index contributed by atoms with van der Waals surface area (Å²) in [5.41, 5.74) is 8.53. The quantitative estimate of drug-likeness (QED) is 0.531. The standard InChI is InChI=1S/C22H22FN5O4/c1-11-15(8-27-21-20(11)25-3-5-31-21)14-6-12-7-17(26-9-16(12)19(24)18(14)23)28-22(29)32-13-2-4-30-10-13/h6-9,13,25H,2-5,10,24H2,1H3,(H,26,28,29). The Morgan fingerprint density at radius 2 is 2.16 bits per heavy atom. The minimum Gasteiger partial charge on any atom is -0.474 e. The third-order valence-electron chi connectivity index (χ3n) is 5.63. The number of ether oxygens (including phenoxy) is 3. The van der Waals surface area contributed by atoms with Crippen LogP contribution in [0.1, 0.15) is 12.0 Å². The van der Waals surface area contributed by atoms with Gasteiger partial charge in [0.2, 0.25) is 5.88 Å². The van der Waals surface area contributed by atoms with Crippen molar-refractivity contribution in [3.63, 3.8) is 0 Å². The molecule has 166 valence electrons. The van der Waals surface area contributed by atoms with Crippen LogP contribution in [0.25, 0.3) is 21.9 Å². The number of nitrogens with two attached hydrogens (primary N) is 1. The van der Waals surface area contributed by atoms with Gasteiger partial charge >= 0.3 is 6.09 Å². The van der Waals surface area contributed by atoms with E-state index in [1.54, 1.807) is 18.3 Å². The van der Waals surface area contributed by atoms with E-state index in [2.05, 4.69) is 20.6 Å². The maximum atomic E-state index is 15.2. The number of rotatable bonds is 3. The zero-order valence-corrected chi connectivity index (χ0v) is 17.4. The number of pyridine rings is 2. The van der Waals surface area contributed by atoms with Gasteiger partial charge in [-0.3, -0.25) is 5.32 Å². The van der Waals surface area contributed by atoms with Crippen LogP contribution in [0.5, 0.6) is 5.88 Å². The molecule has 4 N–H and O–H groups in total. The summed E-state index contributed by atoms with van der Waals surface area (Å²) in [4.78, 5) is 20.7. The van der Waals surface area contributed by atoms with Crippen LogP contribution in [0.3, 0.4) is 0 Å². The first-order chi connectivity index (χ1) is 15.5. The van der Waals surface area contributed by atoms with Gasteiger partial charge in [0.05, 0.1) is 18.9 Å². The lowest BCUT2D eigenvalue weighted by Gasteiger charge is -2.22. The van der Waals surface area contributed by atoms with Crippen molar-refractivity contribution in [1.82, 2.24) is 9.97 Å². The van der Waals surface area contributed by atoms with Gasteiger partial charge in [0.1, 0.15) is 24.2 Å². The van der Waals surface area contributed by atoms with Crippen molar-refractivity contribution >= 4 is 34.1 Å². The van der Waals surface area contributed by atoms with Crippen LogP contribution in [-0.2, 0) is 9.47 Å². The van der Waals surface area contributed by atoms with Gasteiger partial charge in [0, 0.05) is 41.9 Å². The summed E-state index contributed by atoms with van der Waals surface area (Å²) in [5, 5.41) is 6.92. The molecule has 1 unspecified atom stereocenters. The molecule has 2 aliphatic heterocycles. The number of carbonyl (C=O) groups is 1. The molecule has 1 fully saturated rings. The summed E-state index contributed by atoms with van der Waals surface area (Å²) in [6.07, 6.45) is 2.77. The number of nitrogen functional groups attached to an aromatic ring is 1. The summed E-state index contributed by atoms with van der Waals surface area (Å²) < 4.78 is 31.3. The molecule has 2 aliphatic rings. The monoisotopic (exact) mass is 439 g/mol. The summed E-state index contributed by atoms with van der Waals surface area (Å²) in [6, 6.07) is 3.30. The van der Waals surface area contributed by atoms with Gasteiger partial charge in [-0.1, -0.05) is 0 Å². The Labute approximate surface area is 183 Å². The summed E-state index contributed by atoms with van der Waals surface area (Å²) in [7, 11) is 0. The number of benzene rings is 1. The maximum absolute atomic E-state index is 15.2. The number of nitrogens with one attached hydrogen (secondary N) is 2. The molecule has 1 saturated heterocycles. The van der Waals surface area contributed by atoms with Crippen LogP contribution in [-0.4, -0.2) is 48.5 Å². The zero-order valence-electron chi connectivity index (χ0n) is 17.4. The molecule has 2 aromatic heterocycles. The third kappa shape index (κ3) is 3.62. The number of fused-ring (bicyclic) bond motifs is 2. The van der Waals surface area contributed by atoms with Crippen LogP contribution in [0.15, 0.2) is 24.5 Å². The fourth-order valence-corrected chi connectivity index (χ4v) is 3.95. The summed E-state index contributed by atoms with van der Waals surface area (Å²) >= 11 is 0. The van der Waals surface area contributed by atoms with Gasteiger partial charge < -0.3 is 25.3 Å². The van der Waals surface area contributed by atoms with Crippen molar-refractivity contribution in [1.29, 1.82) is 0 Å². The highest BCUT2D eigenvalue weighted by Crippen LogP contribution is 2.39. The van der Waals surface area contributed by atoms with E-state index in [9.17, 15) is 4.79 Å². The second-order valence-corrected chi connectivity index (χ2v) is 7.71. The smallest absolute Gasteiger partial charge is 0.413 e. The van der Waals surface area contributed by atoms with E-state index in [0.29, 0.717) is 60.6 Å². The lowest BCUT2D eigenvalue weighted by atomic mass is 9.97. The molecule has 0 bridgehead atoms. The van der Waals surface area contributed by atoms with Crippen molar-refractivity contribution in [3.8, 4) is 17.0 Å². The zero-order chi connectivity index (χ0) is 22.2.